The zero-order valence-electron chi connectivity index (χ0n) is 17.5. The van der Waals surface area contributed by atoms with Gasteiger partial charge in [0.15, 0.2) is 0 Å². The quantitative estimate of drug-likeness (QED) is 0.837. The Morgan fingerprint density at radius 3 is 2.48 bits per heavy atom. The lowest BCUT2D eigenvalue weighted by Gasteiger charge is -2.52. The van der Waals surface area contributed by atoms with Crippen molar-refractivity contribution in [3.63, 3.8) is 0 Å². The second kappa shape index (κ2) is 7.92. The number of benzene rings is 1. The number of nitrogens with zero attached hydrogens (tertiary/aromatic N) is 3. The first-order chi connectivity index (χ1) is 14.1. The Morgan fingerprint density at radius 1 is 1.03 bits per heavy atom. The summed E-state index contributed by atoms with van der Waals surface area (Å²) in [5.74, 6) is 0.848. The molecule has 29 heavy (non-hydrogen) atoms. The minimum absolute atomic E-state index is 0.303. The minimum atomic E-state index is -0.734. The van der Waals surface area contributed by atoms with Crippen LogP contribution in [0, 0.1) is 11.3 Å². The van der Waals surface area contributed by atoms with E-state index in [1.165, 1.54) is 63.7 Å². The van der Waals surface area contributed by atoms with Crippen LogP contribution < -0.4 is 0 Å². The highest BCUT2D eigenvalue weighted by atomic mass is 16.4. The van der Waals surface area contributed by atoms with Crippen molar-refractivity contribution in [1.29, 1.82) is 0 Å². The fraction of sp³-hybridized carbons (Fsp3) is 0.708. The van der Waals surface area contributed by atoms with Crippen LogP contribution in [0.4, 0.5) is 4.79 Å². The average molecular weight is 398 g/mol. The second-order valence-electron chi connectivity index (χ2n) is 10.1. The molecule has 1 aromatic carbocycles. The SMILES string of the molecule is O=C(O)N1CCC2(CC(N3CCC([C@@H]4CCCN4Cc4ccccc4)CC3)C2)C1. The molecule has 1 amide bonds. The molecule has 1 saturated carbocycles. The Labute approximate surface area is 174 Å². The highest BCUT2D eigenvalue weighted by molar-refractivity contribution is 5.65. The number of hydrogen-bond donors (Lipinski definition) is 1. The van der Waals surface area contributed by atoms with Gasteiger partial charge in [-0.15, -0.1) is 0 Å². The smallest absolute Gasteiger partial charge is 0.407 e. The maximum absolute atomic E-state index is 11.2. The second-order valence-corrected chi connectivity index (χ2v) is 10.1. The van der Waals surface area contributed by atoms with Crippen molar-refractivity contribution in [3.05, 3.63) is 35.9 Å². The molecule has 1 N–H and O–H groups in total. The first-order valence-electron chi connectivity index (χ1n) is 11.6. The topological polar surface area (TPSA) is 47.0 Å². The van der Waals surface area contributed by atoms with E-state index in [9.17, 15) is 9.90 Å². The Kier molecular flexibility index (Phi) is 5.29. The lowest BCUT2D eigenvalue weighted by atomic mass is 9.64. The Morgan fingerprint density at radius 2 is 1.79 bits per heavy atom. The summed E-state index contributed by atoms with van der Waals surface area (Å²) in [5, 5.41) is 9.24. The van der Waals surface area contributed by atoms with Gasteiger partial charge in [0, 0.05) is 31.7 Å². The summed E-state index contributed by atoms with van der Waals surface area (Å²) in [7, 11) is 0. The fourth-order valence-electron chi connectivity index (χ4n) is 6.70. The fourth-order valence-corrected chi connectivity index (χ4v) is 6.70. The van der Waals surface area contributed by atoms with E-state index in [4.69, 9.17) is 0 Å². The van der Waals surface area contributed by atoms with Crippen LogP contribution >= 0.6 is 0 Å². The van der Waals surface area contributed by atoms with Crippen LogP contribution in [0.1, 0.15) is 50.5 Å². The van der Waals surface area contributed by atoms with E-state index in [0.29, 0.717) is 11.5 Å². The van der Waals surface area contributed by atoms with E-state index in [0.717, 1.165) is 38.0 Å². The van der Waals surface area contributed by atoms with Crippen molar-refractivity contribution in [3.8, 4) is 0 Å². The van der Waals surface area contributed by atoms with Crippen molar-refractivity contribution in [2.45, 2.75) is 63.6 Å². The molecule has 3 aliphatic heterocycles. The Hall–Kier alpha value is -1.59. The first-order valence-corrected chi connectivity index (χ1v) is 11.6. The predicted octanol–water partition coefficient (Wildman–Crippen LogP) is 3.90. The first kappa shape index (κ1) is 19.4. The molecule has 1 aliphatic carbocycles. The van der Waals surface area contributed by atoms with Gasteiger partial charge in [-0.1, -0.05) is 30.3 Å². The van der Waals surface area contributed by atoms with Crippen LogP contribution in [0.5, 0.6) is 0 Å². The minimum Gasteiger partial charge on any atom is -0.465 e. The molecule has 1 atom stereocenters. The molecule has 1 spiro atoms. The van der Waals surface area contributed by atoms with Crippen LogP contribution in [0.15, 0.2) is 30.3 Å². The summed E-state index contributed by atoms with van der Waals surface area (Å²) in [6.45, 7) is 6.35. The van der Waals surface area contributed by atoms with Gasteiger partial charge in [-0.25, -0.2) is 4.79 Å². The molecule has 5 heteroatoms. The van der Waals surface area contributed by atoms with Crippen LogP contribution in [0.25, 0.3) is 0 Å². The Bertz CT molecular complexity index is 710. The molecule has 3 heterocycles. The maximum atomic E-state index is 11.2. The summed E-state index contributed by atoms with van der Waals surface area (Å²) in [6, 6.07) is 12.4. The maximum Gasteiger partial charge on any atom is 0.407 e. The summed E-state index contributed by atoms with van der Waals surface area (Å²) >= 11 is 0. The van der Waals surface area contributed by atoms with Gasteiger partial charge in [0.2, 0.25) is 0 Å². The molecule has 4 fully saturated rings. The molecule has 0 unspecified atom stereocenters. The van der Waals surface area contributed by atoms with Gasteiger partial charge < -0.3 is 14.9 Å². The van der Waals surface area contributed by atoms with Crippen LogP contribution in [0.3, 0.4) is 0 Å². The van der Waals surface area contributed by atoms with Crippen LogP contribution in [-0.4, -0.2) is 70.7 Å². The molecule has 3 saturated heterocycles. The third-order valence-electron chi connectivity index (χ3n) is 8.32. The van der Waals surface area contributed by atoms with Crippen molar-refractivity contribution in [1.82, 2.24) is 14.7 Å². The number of amides is 1. The molecule has 4 aliphatic rings. The summed E-state index contributed by atoms with van der Waals surface area (Å²) in [5.41, 5.74) is 1.75. The van der Waals surface area contributed by atoms with Crippen molar-refractivity contribution in [2.24, 2.45) is 11.3 Å². The average Bonchev–Trinajstić information content (AvgIpc) is 3.35. The highest BCUT2D eigenvalue weighted by Crippen LogP contribution is 2.50. The zero-order chi connectivity index (χ0) is 19.8. The lowest BCUT2D eigenvalue weighted by molar-refractivity contribution is -0.0156. The van der Waals surface area contributed by atoms with Gasteiger partial charge >= 0.3 is 6.09 Å². The standard InChI is InChI=1S/C24H35N3O2/c28-23(29)27-14-10-24(18-27)15-21(16-24)25-12-8-20(9-13-25)22-7-4-11-26(22)17-19-5-2-1-3-6-19/h1-3,5-6,20-22H,4,7-18H2,(H,28,29)/t21?,22-,24?/m0/s1. The third kappa shape index (κ3) is 3.91. The third-order valence-corrected chi connectivity index (χ3v) is 8.32. The van der Waals surface area contributed by atoms with Gasteiger partial charge in [-0.05, 0) is 81.5 Å². The predicted molar refractivity (Wildman–Crippen MR) is 114 cm³/mol. The van der Waals surface area contributed by atoms with E-state index in [2.05, 4.69) is 40.1 Å². The molecule has 1 aromatic rings. The lowest BCUT2D eigenvalue weighted by Crippen LogP contribution is -2.55. The molecular weight excluding hydrogens is 362 g/mol. The van der Waals surface area contributed by atoms with Gasteiger partial charge in [0.25, 0.3) is 0 Å². The molecule has 5 rings (SSSR count). The van der Waals surface area contributed by atoms with E-state index in [1.54, 1.807) is 4.90 Å². The van der Waals surface area contributed by atoms with Crippen molar-refractivity contribution in [2.75, 3.05) is 32.7 Å². The number of hydrogen-bond acceptors (Lipinski definition) is 3. The number of piperidine rings is 1. The Balaban J connectivity index is 1.10. The molecule has 158 valence electrons. The van der Waals surface area contributed by atoms with Gasteiger partial charge in [-0.2, -0.15) is 0 Å². The van der Waals surface area contributed by atoms with Crippen LogP contribution in [-0.2, 0) is 6.54 Å². The molecule has 5 nitrogen and oxygen atoms in total. The number of likely N-dealkylation sites (tertiary alicyclic amines) is 3. The number of carbonyl (C=O) groups is 1. The summed E-state index contributed by atoms with van der Waals surface area (Å²) in [4.78, 5) is 18.3. The normalized spacial score (nSPS) is 34.0. The van der Waals surface area contributed by atoms with Gasteiger partial charge in [0.05, 0.1) is 0 Å². The van der Waals surface area contributed by atoms with Gasteiger partial charge in [0.1, 0.15) is 0 Å². The monoisotopic (exact) mass is 397 g/mol. The molecule has 0 aromatic heterocycles. The van der Waals surface area contributed by atoms with E-state index < -0.39 is 6.09 Å². The zero-order valence-corrected chi connectivity index (χ0v) is 17.5. The van der Waals surface area contributed by atoms with Gasteiger partial charge in [-0.3, -0.25) is 4.90 Å². The van der Waals surface area contributed by atoms with Crippen LogP contribution in [0.2, 0.25) is 0 Å². The molecule has 0 radical (unpaired) electrons. The summed E-state index contributed by atoms with van der Waals surface area (Å²) in [6.07, 6.45) is 8.15. The number of rotatable bonds is 4. The molecular formula is C24H35N3O2. The number of carboxylic acid groups (broad SMARTS) is 1. The van der Waals surface area contributed by atoms with Crippen molar-refractivity contribution >= 4 is 6.09 Å². The van der Waals surface area contributed by atoms with E-state index in [-0.39, 0.29) is 0 Å². The highest BCUT2D eigenvalue weighted by Gasteiger charge is 2.51. The largest absolute Gasteiger partial charge is 0.465 e. The summed E-state index contributed by atoms with van der Waals surface area (Å²) < 4.78 is 0. The van der Waals surface area contributed by atoms with Crippen molar-refractivity contribution < 1.29 is 9.90 Å². The molecule has 0 bridgehead atoms. The van der Waals surface area contributed by atoms with E-state index >= 15 is 0 Å². The van der Waals surface area contributed by atoms with E-state index in [1.807, 2.05) is 0 Å².